The van der Waals surface area contributed by atoms with Crippen molar-refractivity contribution in [3.63, 3.8) is 0 Å². The molecule has 3 N–H and O–H groups in total. The van der Waals surface area contributed by atoms with Gasteiger partial charge in [-0.3, -0.25) is 14.7 Å². The maximum absolute atomic E-state index is 12.2. The zero-order chi connectivity index (χ0) is 16.2. The van der Waals surface area contributed by atoms with Crippen LogP contribution in [0.15, 0.2) is 54.7 Å². The van der Waals surface area contributed by atoms with Crippen molar-refractivity contribution in [1.29, 1.82) is 0 Å². The SMILES string of the molecule is O=C(C[C@@H](C(=O)O)c1ccccc1)Nc1ccc2cn[nH]c2c1. The molecule has 0 spiro atoms. The number of fused-ring (bicyclic) bond motifs is 1. The number of carboxylic acid groups (broad SMARTS) is 1. The molecule has 6 heteroatoms. The Bertz CT molecular complexity index is 842. The van der Waals surface area contributed by atoms with Crippen LogP contribution in [0.4, 0.5) is 5.69 Å². The minimum atomic E-state index is -1.02. The Balaban J connectivity index is 1.73. The Hall–Kier alpha value is -3.15. The van der Waals surface area contributed by atoms with Gasteiger partial charge in [0.1, 0.15) is 0 Å². The number of hydrogen-bond donors (Lipinski definition) is 3. The van der Waals surface area contributed by atoms with Gasteiger partial charge in [0.25, 0.3) is 0 Å². The molecule has 2 aromatic carbocycles. The molecule has 0 saturated carbocycles. The van der Waals surface area contributed by atoms with Gasteiger partial charge >= 0.3 is 5.97 Å². The molecule has 0 saturated heterocycles. The van der Waals surface area contributed by atoms with Crippen LogP contribution in [0.5, 0.6) is 0 Å². The summed E-state index contributed by atoms with van der Waals surface area (Å²) in [4.78, 5) is 23.6. The van der Waals surface area contributed by atoms with Crippen molar-refractivity contribution in [3.05, 3.63) is 60.3 Å². The number of H-pyrrole nitrogens is 1. The topological polar surface area (TPSA) is 95.1 Å². The minimum absolute atomic E-state index is 0.125. The van der Waals surface area contributed by atoms with Gasteiger partial charge in [-0.15, -0.1) is 0 Å². The highest BCUT2D eigenvalue weighted by atomic mass is 16.4. The summed E-state index contributed by atoms with van der Waals surface area (Å²) < 4.78 is 0. The van der Waals surface area contributed by atoms with Gasteiger partial charge in [0, 0.05) is 17.5 Å². The predicted molar refractivity (Wildman–Crippen MR) is 86.2 cm³/mol. The smallest absolute Gasteiger partial charge is 0.311 e. The molecule has 0 fully saturated rings. The van der Waals surface area contributed by atoms with E-state index in [-0.39, 0.29) is 12.3 Å². The predicted octanol–water partition coefficient (Wildman–Crippen LogP) is 2.76. The van der Waals surface area contributed by atoms with Gasteiger partial charge in [-0.1, -0.05) is 30.3 Å². The summed E-state index contributed by atoms with van der Waals surface area (Å²) in [6.45, 7) is 0. The van der Waals surface area contributed by atoms with Gasteiger partial charge in [-0.2, -0.15) is 5.10 Å². The van der Waals surface area contributed by atoms with Crippen LogP contribution >= 0.6 is 0 Å². The molecule has 6 nitrogen and oxygen atoms in total. The van der Waals surface area contributed by atoms with Gasteiger partial charge in [-0.05, 0) is 23.8 Å². The number of aromatic amines is 1. The second kappa shape index (κ2) is 6.31. The number of carboxylic acids is 1. The van der Waals surface area contributed by atoms with Gasteiger partial charge in [0.05, 0.1) is 17.6 Å². The number of benzene rings is 2. The third-order valence-electron chi connectivity index (χ3n) is 3.62. The monoisotopic (exact) mass is 309 g/mol. The summed E-state index contributed by atoms with van der Waals surface area (Å²) in [5.74, 6) is -2.23. The van der Waals surface area contributed by atoms with Crippen molar-refractivity contribution in [2.24, 2.45) is 0 Å². The maximum atomic E-state index is 12.2. The maximum Gasteiger partial charge on any atom is 0.311 e. The first kappa shape index (κ1) is 14.8. The van der Waals surface area contributed by atoms with E-state index in [1.807, 2.05) is 12.1 Å². The normalized spacial score (nSPS) is 12.0. The number of nitrogens with one attached hydrogen (secondary N) is 2. The molecular formula is C17H15N3O3. The molecule has 0 aliphatic carbocycles. The zero-order valence-corrected chi connectivity index (χ0v) is 12.2. The fourth-order valence-electron chi connectivity index (χ4n) is 2.45. The zero-order valence-electron chi connectivity index (χ0n) is 12.2. The number of aromatic nitrogens is 2. The van der Waals surface area contributed by atoms with E-state index in [9.17, 15) is 14.7 Å². The quantitative estimate of drug-likeness (QED) is 0.675. The third kappa shape index (κ3) is 3.37. The summed E-state index contributed by atoms with van der Waals surface area (Å²) >= 11 is 0. The molecule has 116 valence electrons. The minimum Gasteiger partial charge on any atom is -0.481 e. The number of rotatable bonds is 5. The van der Waals surface area contributed by atoms with E-state index in [4.69, 9.17) is 0 Å². The van der Waals surface area contributed by atoms with Crippen molar-refractivity contribution >= 4 is 28.5 Å². The molecule has 1 atom stereocenters. The summed E-state index contributed by atoms with van der Waals surface area (Å²) in [6, 6.07) is 14.1. The van der Waals surface area contributed by atoms with Crippen molar-refractivity contribution in [3.8, 4) is 0 Å². The van der Waals surface area contributed by atoms with Crippen LogP contribution in [-0.4, -0.2) is 27.2 Å². The lowest BCUT2D eigenvalue weighted by Gasteiger charge is -2.13. The highest BCUT2D eigenvalue weighted by Gasteiger charge is 2.23. The van der Waals surface area contributed by atoms with E-state index < -0.39 is 11.9 Å². The Morgan fingerprint density at radius 3 is 2.70 bits per heavy atom. The van der Waals surface area contributed by atoms with E-state index in [1.165, 1.54) is 0 Å². The highest BCUT2D eigenvalue weighted by molar-refractivity contribution is 5.96. The van der Waals surface area contributed by atoms with Crippen LogP contribution in [0.3, 0.4) is 0 Å². The number of amides is 1. The van der Waals surface area contributed by atoms with Crippen molar-refractivity contribution in [2.75, 3.05) is 5.32 Å². The molecular weight excluding hydrogens is 294 g/mol. The van der Waals surface area contributed by atoms with Crippen LogP contribution in [0.1, 0.15) is 17.9 Å². The van der Waals surface area contributed by atoms with Gasteiger partial charge in [-0.25, -0.2) is 0 Å². The first-order valence-electron chi connectivity index (χ1n) is 7.14. The van der Waals surface area contributed by atoms with Crippen molar-refractivity contribution in [2.45, 2.75) is 12.3 Å². The molecule has 0 aliphatic heterocycles. The van der Waals surface area contributed by atoms with E-state index in [0.29, 0.717) is 11.3 Å². The average molecular weight is 309 g/mol. The summed E-state index contributed by atoms with van der Waals surface area (Å²) in [7, 11) is 0. The second-order valence-corrected chi connectivity index (χ2v) is 5.23. The van der Waals surface area contributed by atoms with Crippen LogP contribution < -0.4 is 5.32 Å². The molecule has 0 unspecified atom stereocenters. The Labute approximate surface area is 132 Å². The van der Waals surface area contributed by atoms with Gasteiger partial charge in [0.15, 0.2) is 0 Å². The number of carbonyl (C=O) groups excluding carboxylic acids is 1. The number of nitrogens with zero attached hydrogens (tertiary/aromatic N) is 1. The van der Waals surface area contributed by atoms with Crippen LogP contribution in [0, 0.1) is 0 Å². The highest BCUT2D eigenvalue weighted by Crippen LogP contribution is 2.22. The number of carbonyl (C=O) groups is 2. The standard InChI is InChI=1S/C17H15N3O3/c21-16(9-14(17(22)23)11-4-2-1-3-5-11)19-13-7-6-12-10-18-20-15(12)8-13/h1-8,10,14H,9H2,(H,18,20)(H,19,21)(H,22,23)/t14-/m1/s1. The van der Waals surface area contributed by atoms with Crippen molar-refractivity contribution in [1.82, 2.24) is 10.2 Å². The summed E-state index contributed by atoms with van der Waals surface area (Å²) in [5.41, 5.74) is 2.02. The lowest BCUT2D eigenvalue weighted by molar-refractivity contribution is -0.140. The lowest BCUT2D eigenvalue weighted by atomic mass is 9.95. The van der Waals surface area contributed by atoms with E-state index in [0.717, 1.165) is 10.9 Å². The van der Waals surface area contributed by atoms with Crippen LogP contribution in [0.2, 0.25) is 0 Å². The largest absolute Gasteiger partial charge is 0.481 e. The fourth-order valence-corrected chi connectivity index (χ4v) is 2.45. The number of hydrogen-bond acceptors (Lipinski definition) is 3. The second-order valence-electron chi connectivity index (χ2n) is 5.23. The fraction of sp³-hybridized carbons (Fsp3) is 0.118. The molecule has 0 radical (unpaired) electrons. The van der Waals surface area contributed by atoms with Gasteiger partial charge in [0.2, 0.25) is 5.91 Å². The number of aliphatic carboxylic acids is 1. The first-order chi connectivity index (χ1) is 11.1. The molecule has 1 heterocycles. The lowest BCUT2D eigenvalue weighted by Crippen LogP contribution is -2.20. The molecule has 1 aromatic heterocycles. The van der Waals surface area contributed by atoms with E-state index in [2.05, 4.69) is 15.5 Å². The average Bonchev–Trinajstić information content (AvgIpc) is 3.01. The number of anilines is 1. The Morgan fingerprint density at radius 2 is 1.96 bits per heavy atom. The molecule has 0 aliphatic rings. The van der Waals surface area contributed by atoms with E-state index >= 15 is 0 Å². The Morgan fingerprint density at radius 1 is 1.17 bits per heavy atom. The Kier molecular flexibility index (Phi) is 4.05. The molecule has 1 amide bonds. The summed E-state index contributed by atoms with van der Waals surface area (Å²) in [6.07, 6.45) is 1.57. The van der Waals surface area contributed by atoms with Gasteiger partial charge < -0.3 is 10.4 Å². The molecule has 23 heavy (non-hydrogen) atoms. The third-order valence-corrected chi connectivity index (χ3v) is 3.62. The van der Waals surface area contributed by atoms with Crippen LogP contribution in [-0.2, 0) is 9.59 Å². The van der Waals surface area contributed by atoms with Crippen molar-refractivity contribution < 1.29 is 14.7 Å². The molecule has 0 bridgehead atoms. The van der Waals surface area contributed by atoms with E-state index in [1.54, 1.807) is 42.6 Å². The van der Waals surface area contributed by atoms with Crippen LogP contribution in [0.25, 0.3) is 10.9 Å². The molecule has 3 rings (SSSR count). The summed E-state index contributed by atoms with van der Waals surface area (Å²) in [5, 5.41) is 19.8. The molecule has 3 aromatic rings. The first-order valence-corrected chi connectivity index (χ1v) is 7.14.